The van der Waals surface area contributed by atoms with Crippen LogP contribution in [0.3, 0.4) is 0 Å². The Morgan fingerprint density at radius 2 is 2.17 bits per heavy atom. The minimum absolute atomic E-state index is 0.0840. The van der Waals surface area contributed by atoms with Gasteiger partial charge in [0.1, 0.15) is 0 Å². The zero-order valence-electron chi connectivity index (χ0n) is 10.5. The predicted molar refractivity (Wildman–Crippen MR) is 79.3 cm³/mol. The molecule has 0 saturated heterocycles. The standard InChI is InChI=1S/C12H15BrN2OS2/c1-12(2,3)11-10(18-15-14-11)9(16)5-8-4-7(13)6-17-8/h4,6,9,16H,5H2,1-3H3. The molecule has 18 heavy (non-hydrogen) atoms. The van der Waals surface area contributed by atoms with Gasteiger partial charge in [0.2, 0.25) is 0 Å². The first-order chi connectivity index (χ1) is 8.38. The normalized spacial score (nSPS) is 13.8. The second kappa shape index (κ2) is 5.36. The van der Waals surface area contributed by atoms with Gasteiger partial charge in [-0.25, -0.2) is 0 Å². The minimum atomic E-state index is -0.523. The van der Waals surface area contributed by atoms with Crippen molar-refractivity contribution in [2.75, 3.05) is 0 Å². The van der Waals surface area contributed by atoms with E-state index in [2.05, 4.69) is 46.3 Å². The Kier molecular flexibility index (Phi) is 4.21. The first-order valence-corrected chi connectivity index (χ1v) is 8.06. The topological polar surface area (TPSA) is 46.0 Å². The lowest BCUT2D eigenvalue weighted by Crippen LogP contribution is -2.16. The predicted octanol–water partition coefficient (Wildman–Crippen LogP) is 3.94. The molecule has 0 fully saturated rings. The SMILES string of the molecule is CC(C)(C)c1nnsc1C(O)Cc1cc(Br)cs1. The Labute approximate surface area is 123 Å². The van der Waals surface area contributed by atoms with Crippen molar-refractivity contribution in [1.29, 1.82) is 0 Å². The summed E-state index contributed by atoms with van der Waals surface area (Å²) in [6.07, 6.45) is 0.0909. The molecule has 98 valence electrons. The third-order valence-corrected chi connectivity index (χ3v) is 5.09. The molecule has 0 saturated carbocycles. The molecule has 0 aliphatic rings. The molecule has 0 aliphatic heterocycles. The highest BCUT2D eigenvalue weighted by molar-refractivity contribution is 9.10. The Morgan fingerprint density at radius 3 is 2.72 bits per heavy atom. The number of halogens is 1. The summed E-state index contributed by atoms with van der Waals surface area (Å²) in [5, 5.41) is 16.5. The summed E-state index contributed by atoms with van der Waals surface area (Å²) < 4.78 is 5.05. The van der Waals surface area contributed by atoms with E-state index in [0.717, 1.165) is 19.9 Å². The van der Waals surface area contributed by atoms with Crippen molar-refractivity contribution in [3.8, 4) is 0 Å². The van der Waals surface area contributed by atoms with Crippen LogP contribution in [0.25, 0.3) is 0 Å². The number of rotatable bonds is 3. The number of nitrogens with zero attached hydrogens (tertiary/aromatic N) is 2. The van der Waals surface area contributed by atoms with E-state index in [4.69, 9.17) is 0 Å². The highest BCUT2D eigenvalue weighted by Gasteiger charge is 2.26. The number of hydrogen-bond acceptors (Lipinski definition) is 5. The second-order valence-electron chi connectivity index (χ2n) is 5.19. The molecular formula is C12H15BrN2OS2. The highest BCUT2D eigenvalue weighted by atomic mass is 79.9. The van der Waals surface area contributed by atoms with Crippen molar-refractivity contribution < 1.29 is 5.11 Å². The number of thiophene rings is 1. The van der Waals surface area contributed by atoms with Gasteiger partial charge in [-0.2, -0.15) is 0 Å². The summed E-state index contributed by atoms with van der Waals surface area (Å²) in [6.45, 7) is 6.26. The summed E-state index contributed by atoms with van der Waals surface area (Å²) in [6, 6.07) is 2.04. The van der Waals surface area contributed by atoms with E-state index in [9.17, 15) is 5.11 Å². The molecule has 0 aliphatic carbocycles. The lowest BCUT2D eigenvalue weighted by atomic mass is 9.90. The Hall–Kier alpha value is -0.300. The first kappa shape index (κ1) is 14.1. The van der Waals surface area contributed by atoms with Crippen LogP contribution in [0.2, 0.25) is 0 Å². The molecular weight excluding hydrogens is 332 g/mol. The molecule has 1 unspecified atom stereocenters. The maximum absolute atomic E-state index is 10.3. The molecule has 0 amide bonds. The maximum Gasteiger partial charge on any atom is 0.0965 e. The maximum atomic E-state index is 10.3. The largest absolute Gasteiger partial charge is 0.387 e. The van der Waals surface area contributed by atoms with Crippen LogP contribution >= 0.6 is 38.8 Å². The molecule has 2 heterocycles. The summed E-state index contributed by atoms with van der Waals surface area (Å²) in [4.78, 5) is 2.04. The average molecular weight is 347 g/mol. The van der Waals surface area contributed by atoms with E-state index in [1.54, 1.807) is 11.3 Å². The molecule has 2 rings (SSSR count). The third kappa shape index (κ3) is 3.17. The Morgan fingerprint density at radius 1 is 1.44 bits per heavy atom. The molecule has 1 atom stereocenters. The van der Waals surface area contributed by atoms with Crippen LogP contribution in [0, 0.1) is 0 Å². The summed E-state index contributed by atoms with van der Waals surface area (Å²) in [5.41, 5.74) is 0.815. The van der Waals surface area contributed by atoms with E-state index in [1.165, 1.54) is 11.5 Å². The molecule has 2 aromatic rings. The molecule has 0 radical (unpaired) electrons. The summed E-state index contributed by atoms with van der Waals surface area (Å²) >= 11 is 6.36. The quantitative estimate of drug-likeness (QED) is 0.915. The summed E-state index contributed by atoms with van der Waals surface area (Å²) in [5.74, 6) is 0. The fourth-order valence-electron chi connectivity index (χ4n) is 1.68. The lowest BCUT2D eigenvalue weighted by molar-refractivity contribution is 0.180. The van der Waals surface area contributed by atoms with E-state index in [-0.39, 0.29) is 5.41 Å². The van der Waals surface area contributed by atoms with Gasteiger partial charge in [0.25, 0.3) is 0 Å². The summed E-state index contributed by atoms with van der Waals surface area (Å²) in [7, 11) is 0. The van der Waals surface area contributed by atoms with Crippen molar-refractivity contribution in [1.82, 2.24) is 9.59 Å². The van der Waals surface area contributed by atoms with Crippen molar-refractivity contribution in [3.63, 3.8) is 0 Å². The van der Waals surface area contributed by atoms with Crippen molar-refractivity contribution >= 4 is 38.8 Å². The molecule has 6 heteroatoms. The van der Waals surface area contributed by atoms with Crippen molar-refractivity contribution in [2.24, 2.45) is 0 Å². The van der Waals surface area contributed by atoms with Gasteiger partial charge in [-0.15, -0.1) is 16.4 Å². The van der Waals surface area contributed by atoms with Gasteiger partial charge in [-0.3, -0.25) is 0 Å². The van der Waals surface area contributed by atoms with Gasteiger partial charge in [0.15, 0.2) is 0 Å². The van der Waals surface area contributed by atoms with Gasteiger partial charge >= 0.3 is 0 Å². The van der Waals surface area contributed by atoms with Crippen LogP contribution in [0.4, 0.5) is 0 Å². The average Bonchev–Trinajstić information content (AvgIpc) is 2.85. The fourth-order valence-corrected chi connectivity index (χ4v) is 4.02. The minimum Gasteiger partial charge on any atom is -0.387 e. The first-order valence-electron chi connectivity index (χ1n) is 5.61. The zero-order chi connectivity index (χ0) is 13.3. The number of hydrogen-bond donors (Lipinski definition) is 1. The Bertz CT molecular complexity index is 530. The van der Waals surface area contributed by atoms with Crippen LogP contribution in [0.15, 0.2) is 15.9 Å². The molecule has 0 aromatic carbocycles. The number of aliphatic hydroxyl groups excluding tert-OH is 1. The Balaban J connectivity index is 2.19. The van der Waals surface area contributed by atoms with E-state index >= 15 is 0 Å². The van der Waals surface area contributed by atoms with Gasteiger partial charge < -0.3 is 5.11 Å². The molecule has 1 N–H and O–H groups in total. The molecule has 0 spiro atoms. The molecule has 3 nitrogen and oxygen atoms in total. The van der Waals surface area contributed by atoms with Crippen molar-refractivity contribution in [2.45, 2.75) is 38.7 Å². The highest BCUT2D eigenvalue weighted by Crippen LogP contribution is 2.33. The number of aliphatic hydroxyl groups is 1. The second-order valence-corrected chi connectivity index (χ2v) is 7.88. The van der Waals surface area contributed by atoms with E-state index in [1.807, 2.05) is 11.4 Å². The fraction of sp³-hybridized carbons (Fsp3) is 0.500. The van der Waals surface area contributed by atoms with Gasteiger partial charge in [-0.1, -0.05) is 25.3 Å². The van der Waals surface area contributed by atoms with Gasteiger partial charge in [0, 0.05) is 26.6 Å². The van der Waals surface area contributed by atoms with Crippen LogP contribution in [0.5, 0.6) is 0 Å². The third-order valence-electron chi connectivity index (χ3n) is 2.54. The van der Waals surface area contributed by atoms with Gasteiger partial charge in [0.05, 0.1) is 16.7 Å². The molecule has 2 aromatic heterocycles. The smallest absolute Gasteiger partial charge is 0.0965 e. The zero-order valence-corrected chi connectivity index (χ0v) is 13.7. The number of aromatic nitrogens is 2. The van der Waals surface area contributed by atoms with Gasteiger partial charge in [-0.05, 0) is 33.5 Å². The van der Waals surface area contributed by atoms with E-state index < -0.39 is 6.10 Å². The molecule has 0 bridgehead atoms. The lowest BCUT2D eigenvalue weighted by Gasteiger charge is -2.18. The van der Waals surface area contributed by atoms with Crippen LogP contribution in [-0.2, 0) is 11.8 Å². The monoisotopic (exact) mass is 346 g/mol. The van der Waals surface area contributed by atoms with Crippen LogP contribution in [0.1, 0.15) is 42.3 Å². The van der Waals surface area contributed by atoms with Crippen LogP contribution < -0.4 is 0 Å². The van der Waals surface area contributed by atoms with Crippen LogP contribution in [-0.4, -0.2) is 14.7 Å². The van der Waals surface area contributed by atoms with Crippen molar-refractivity contribution in [3.05, 3.63) is 31.4 Å². The van der Waals surface area contributed by atoms with E-state index in [0.29, 0.717) is 6.42 Å².